The Bertz CT molecular complexity index is 406. The lowest BCUT2D eigenvalue weighted by atomic mass is 10.3. The zero-order valence-electron chi connectivity index (χ0n) is 9.88. The predicted octanol–water partition coefficient (Wildman–Crippen LogP) is 1.70. The summed E-state index contributed by atoms with van der Waals surface area (Å²) in [4.78, 5) is 10.6. The summed E-state index contributed by atoms with van der Waals surface area (Å²) in [5.74, 6) is 0.506. The first-order valence-corrected chi connectivity index (χ1v) is 6.72. The van der Waals surface area contributed by atoms with E-state index in [4.69, 9.17) is 0 Å². The zero-order valence-corrected chi connectivity index (χ0v) is 10.7. The fraction of sp³-hybridized carbons (Fsp3) is 0.455. The molecule has 1 aromatic rings. The number of nitrogens with zero attached hydrogens (tertiary/aromatic N) is 1. The molecule has 94 valence electrons. The molecule has 0 amide bonds. The molecule has 1 rings (SSSR count). The summed E-state index contributed by atoms with van der Waals surface area (Å²) < 4.78 is 11.9. The Hall–Kier alpha value is -1.27. The van der Waals surface area contributed by atoms with Gasteiger partial charge in [-0.25, -0.2) is 0 Å². The molecule has 0 fully saturated rings. The van der Waals surface area contributed by atoms with Gasteiger partial charge in [0.1, 0.15) is 0 Å². The van der Waals surface area contributed by atoms with E-state index < -0.39 is 15.7 Å². The third kappa shape index (κ3) is 4.24. The molecule has 0 heterocycles. The van der Waals surface area contributed by atoms with Gasteiger partial charge >= 0.3 is 0 Å². The number of rotatable bonds is 6. The first-order chi connectivity index (χ1) is 8.04. The molecule has 1 N–H and O–H groups in total. The second-order valence-corrected chi connectivity index (χ2v) is 5.22. The van der Waals surface area contributed by atoms with E-state index in [9.17, 15) is 14.3 Å². The van der Waals surface area contributed by atoms with Crippen LogP contribution in [0.15, 0.2) is 29.2 Å². The number of non-ortho nitro benzene ring substituents is 1. The molecule has 2 unspecified atom stereocenters. The summed E-state index contributed by atoms with van der Waals surface area (Å²) >= 11 is 0. The van der Waals surface area contributed by atoms with Gasteiger partial charge < -0.3 is 5.32 Å². The first-order valence-electron chi connectivity index (χ1n) is 5.40. The van der Waals surface area contributed by atoms with Crippen molar-refractivity contribution in [3.05, 3.63) is 34.4 Å². The highest BCUT2D eigenvalue weighted by atomic mass is 32.2. The van der Waals surface area contributed by atoms with Crippen LogP contribution in [0.5, 0.6) is 0 Å². The molecule has 0 aliphatic carbocycles. The lowest BCUT2D eigenvalue weighted by Gasteiger charge is -2.11. The lowest BCUT2D eigenvalue weighted by molar-refractivity contribution is -0.384. The quantitative estimate of drug-likeness (QED) is 0.621. The van der Waals surface area contributed by atoms with Crippen molar-refractivity contribution >= 4 is 16.5 Å². The molecule has 0 aromatic heterocycles. The Morgan fingerprint density at radius 2 is 2.00 bits per heavy atom. The zero-order chi connectivity index (χ0) is 12.8. The number of benzene rings is 1. The van der Waals surface area contributed by atoms with E-state index in [0.29, 0.717) is 10.6 Å². The monoisotopic (exact) mass is 256 g/mol. The van der Waals surface area contributed by atoms with Gasteiger partial charge in [-0.2, -0.15) is 0 Å². The second-order valence-electron chi connectivity index (χ2n) is 3.72. The van der Waals surface area contributed by atoms with Crippen LogP contribution in [0.1, 0.15) is 13.8 Å². The summed E-state index contributed by atoms with van der Waals surface area (Å²) in [5.41, 5.74) is 0.0190. The van der Waals surface area contributed by atoms with Crippen molar-refractivity contribution in [1.29, 1.82) is 0 Å². The first kappa shape index (κ1) is 13.8. The van der Waals surface area contributed by atoms with Crippen molar-refractivity contribution in [1.82, 2.24) is 5.32 Å². The lowest BCUT2D eigenvalue weighted by Crippen LogP contribution is -2.30. The van der Waals surface area contributed by atoms with E-state index in [-0.39, 0.29) is 11.7 Å². The number of hydrogen-bond donors (Lipinski definition) is 1. The van der Waals surface area contributed by atoms with E-state index in [2.05, 4.69) is 5.32 Å². The van der Waals surface area contributed by atoms with Crippen LogP contribution in [-0.4, -0.2) is 27.5 Å². The highest BCUT2D eigenvalue weighted by Crippen LogP contribution is 2.15. The largest absolute Gasteiger partial charge is 0.314 e. The summed E-state index contributed by atoms with van der Waals surface area (Å²) in [6.07, 6.45) is 0. The molecule has 0 bridgehead atoms. The number of nitro benzene ring substituents is 1. The average molecular weight is 256 g/mol. The Labute approximate surface area is 103 Å². The molecule has 17 heavy (non-hydrogen) atoms. The highest BCUT2D eigenvalue weighted by molar-refractivity contribution is 7.85. The summed E-state index contributed by atoms with van der Waals surface area (Å²) in [5, 5.41) is 13.6. The molecule has 0 saturated heterocycles. The van der Waals surface area contributed by atoms with Gasteiger partial charge in [0.05, 0.1) is 15.7 Å². The third-order valence-electron chi connectivity index (χ3n) is 2.26. The SMILES string of the molecule is CCNC(C)CS(=O)c1ccc([N+](=O)[O-])cc1. The Morgan fingerprint density at radius 1 is 1.41 bits per heavy atom. The van der Waals surface area contributed by atoms with E-state index >= 15 is 0 Å². The van der Waals surface area contributed by atoms with Crippen LogP contribution in [0.4, 0.5) is 5.69 Å². The second kappa shape index (κ2) is 6.46. The van der Waals surface area contributed by atoms with Crippen molar-refractivity contribution in [2.45, 2.75) is 24.8 Å². The average Bonchev–Trinajstić information content (AvgIpc) is 2.29. The van der Waals surface area contributed by atoms with Gasteiger partial charge in [-0.05, 0) is 25.6 Å². The van der Waals surface area contributed by atoms with Gasteiger partial charge in [0.2, 0.25) is 0 Å². The minimum atomic E-state index is -1.12. The van der Waals surface area contributed by atoms with Gasteiger partial charge in [-0.3, -0.25) is 14.3 Å². The Morgan fingerprint density at radius 3 is 2.47 bits per heavy atom. The van der Waals surface area contributed by atoms with Gasteiger partial charge in [0.15, 0.2) is 0 Å². The molecule has 1 aromatic carbocycles. The molecule has 0 aliphatic rings. The highest BCUT2D eigenvalue weighted by Gasteiger charge is 2.11. The maximum Gasteiger partial charge on any atom is 0.269 e. The Kier molecular flexibility index (Phi) is 5.24. The number of nitrogens with one attached hydrogen (secondary N) is 1. The van der Waals surface area contributed by atoms with Crippen LogP contribution in [-0.2, 0) is 10.8 Å². The fourth-order valence-electron chi connectivity index (χ4n) is 1.45. The van der Waals surface area contributed by atoms with Crippen LogP contribution >= 0.6 is 0 Å². The van der Waals surface area contributed by atoms with E-state index in [1.54, 1.807) is 12.1 Å². The number of hydrogen-bond acceptors (Lipinski definition) is 4. The Balaban J connectivity index is 2.66. The molecule has 2 atom stereocenters. The number of nitro groups is 1. The summed E-state index contributed by atoms with van der Waals surface area (Å²) in [6, 6.07) is 6.02. The van der Waals surface area contributed by atoms with Crippen molar-refractivity contribution in [3.63, 3.8) is 0 Å². The summed E-state index contributed by atoms with van der Waals surface area (Å²) in [7, 11) is -1.12. The van der Waals surface area contributed by atoms with Crippen LogP contribution < -0.4 is 5.32 Å². The molecule has 5 nitrogen and oxygen atoms in total. The van der Waals surface area contributed by atoms with Crippen molar-refractivity contribution < 1.29 is 9.13 Å². The van der Waals surface area contributed by atoms with Crippen LogP contribution in [0.2, 0.25) is 0 Å². The third-order valence-corrected chi connectivity index (χ3v) is 3.87. The molecule has 0 saturated carbocycles. The molecule has 0 radical (unpaired) electrons. The summed E-state index contributed by atoms with van der Waals surface area (Å²) in [6.45, 7) is 4.79. The molecule has 0 aliphatic heterocycles. The molecular weight excluding hydrogens is 240 g/mol. The van der Waals surface area contributed by atoms with Gasteiger partial charge in [0.25, 0.3) is 5.69 Å². The van der Waals surface area contributed by atoms with Gasteiger partial charge in [0, 0.05) is 28.8 Å². The molecule has 0 spiro atoms. The van der Waals surface area contributed by atoms with Gasteiger partial charge in [-0.15, -0.1) is 0 Å². The van der Waals surface area contributed by atoms with Crippen molar-refractivity contribution in [2.75, 3.05) is 12.3 Å². The van der Waals surface area contributed by atoms with Crippen LogP contribution in [0.25, 0.3) is 0 Å². The van der Waals surface area contributed by atoms with Gasteiger partial charge in [-0.1, -0.05) is 6.92 Å². The molecular formula is C11H16N2O3S. The van der Waals surface area contributed by atoms with E-state index in [1.807, 2.05) is 13.8 Å². The van der Waals surface area contributed by atoms with Crippen molar-refractivity contribution in [2.24, 2.45) is 0 Å². The fourth-order valence-corrected chi connectivity index (χ4v) is 2.65. The van der Waals surface area contributed by atoms with E-state index in [1.165, 1.54) is 12.1 Å². The predicted molar refractivity (Wildman–Crippen MR) is 67.5 cm³/mol. The maximum absolute atomic E-state index is 11.9. The topological polar surface area (TPSA) is 72.2 Å². The minimum Gasteiger partial charge on any atom is -0.314 e. The standard InChI is InChI=1S/C11H16N2O3S/c1-3-12-9(2)8-17(16)11-6-4-10(5-7-11)13(14)15/h4-7,9,12H,3,8H2,1-2H3. The smallest absolute Gasteiger partial charge is 0.269 e. The van der Waals surface area contributed by atoms with Crippen LogP contribution in [0, 0.1) is 10.1 Å². The minimum absolute atomic E-state index is 0.0190. The molecule has 6 heteroatoms. The maximum atomic E-state index is 11.9. The van der Waals surface area contributed by atoms with E-state index in [0.717, 1.165) is 6.54 Å². The normalized spacial score (nSPS) is 14.2. The van der Waals surface area contributed by atoms with Crippen molar-refractivity contribution in [3.8, 4) is 0 Å². The van der Waals surface area contributed by atoms with Crippen LogP contribution in [0.3, 0.4) is 0 Å².